The first-order chi connectivity index (χ1) is 7.81. The van der Waals surface area contributed by atoms with Crippen molar-refractivity contribution in [1.82, 2.24) is 0 Å². The van der Waals surface area contributed by atoms with Crippen molar-refractivity contribution >= 4 is 11.8 Å². The van der Waals surface area contributed by atoms with Gasteiger partial charge in [-0.2, -0.15) is 0 Å². The summed E-state index contributed by atoms with van der Waals surface area (Å²) in [5, 5.41) is 11.7. The molecular weight excluding hydrogens is 218 g/mol. The van der Waals surface area contributed by atoms with E-state index in [9.17, 15) is 4.79 Å². The summed E-state index contributed by atoms with van der Waals surface area (Å²) in [5.41, 5.74) is 1.89. The van der Waals surface area contributed by atoms with Crippen LogP contribution in [0.15, 0.2) is 18.2 Å². The second-order valence-corrected chi connectivity index (χ2v) is 4.93. The van der Waals surface area contributed by atoms with Crippen LogP contribution in [0.3, 0.4) is 0 Å². The first-order valence-corrected chi connectivity index (χ1v) is 5.52. The fourth-order valence-electron chi connectivity index (χ4n) is 1.38. The molecule has 1 aromatic rings. The number of anilines is 1. The summed E-state index contributed by atoms with van der Waals surface area (Å²) in [4.78, 5) is 11.6. The number of aliphatic hydroxyl groups excluding tert-OH is 1. The van der Waals surface area contributed by atoms with E-state index in [1.807, 2.05) is 33.8 Å². The van der Waals surface area contributed by atoms with Crippen LogP contribution in [0.1, 0.15) is 31.9 Å². The fourth-order valence-corrected chi connectivity index (χ4v) is 1.38. The molecule has 0 aliphatic rings. The molecular formula is C13H19NO3. The van der Waals surface area contributed by atoms with Gasteiger partial charge in [0.2, 0.25) is 0 Å². The molecule has 94 valence electrons. The number of aryl methyl sites for hydroxylation is 1. The minimum atomic E-state index is -0.511. The summed E-state index contributed by atoms with van der Waals surface area (Å²) in [7, 11) is 0. The Balaban J connectivity index is 2.72. The molecule has 0 spiro atoms. The summed E-state index contributed by atoms with van der Waals surface area (Å²) in [6.07, 6.45) is -0.475. The van der Waals surface area contributed by atoms with Gasteiger partial charge in [-0.1, -0.05) is 12.1 Å². The largest absolute Gasteiger partial charge is 0.444 e. The van der Waals surface area contributed by atoms with Gasteiger partial charge >= 0.3 is 6.09 Å². The van der Waals surface area contributed by atoms with Crippen molar-refractivity contribution in [3.05, 3.63) is 29.3 Å². The molecule has 0 heterocycles. The maximum atomic E-state index is 11.6. The Kier molecular flexibility index (Phi) is 4.12. The molecule has 0 aromatic heterocycles. The molecule has 0 aliphatic carbocycles. The molecule has 1 amide bonds. The van der Waals surface area contributed by atoms with Crippen LogP contribution in [-0.4, -0.2) is 16.8 Å². The fraction of sp³-hybridized carbons (Fsp3) is 0.462. The van der Waals surface area contributed by atoms with Crippen molar-refractivity contribution in [2.24, 2.45) is 0 Å². The summed E-state index contributed by atoms with van der Waals surface area (Å²) in [5.74, 6) is 0. The van der Waals surface area contributed by atoms with Crippen molar-refractivity contribution in [3.63, 3.8) is 0 Å². The number of rotatable bonds is 2. The summed E-state index contributed by atoms with van der Waals surface area (Å²) >= 11 is 0. The van der Waals surface area contributed by atoms with Crippen LogP contribution in [-0.2, 0) is 11.3 Å². The van der Waals surface area contributed by atoms with Gasteiger partial charge in [-0.15, -0.1) is 0 Å². The maximum Gasteiger partial charge on any atom is 0.412 e. The Morgan fingerprint density at radius 1 is 1.41 bits per heavy atom. The van der Waals surface area contributed by atoms with Crippen molar-refractivity contribution in [1.29, 1.82) is 0 Å². The highest BCUT2D eigenvalue weighted by molar-refractivity contribution is 5.85. The van der Waals surface area contributed by atoms with Crippen molar-refractivity contribution in [3.8, 4) is 0 Å². The Morgan fingerprint density at radius 3 is 2.53 bits per heavy atom. The van der Waals surface area contributed by atoms with Gasteiger partial charge in [-0.3, -0.25) is 5.32 Å². The summed E-state index contributed by atoms with van der Waals surface area (Å²) < 4.78 is 5.15. The van der Waals surface area contributed by atoms with Crippen LogP contribution in [0.5, 0.6) is 0 Å². The standard InChI is InChI=1S/C13H19NO3/c1-9-7-10(8-15)5-6-11(9)14-12(16)17-13(2,3)4/h5-7,15H,8H2,1-4H3,(H,14,16). The molecule has 0 saturated carbocycles. The van der Waals surface area contributed by atoms with E-state index in [1.54, 1.807) is 12.1 Å². The highest BCUT2D eigenvalue weighted by atomic mass is 16.6. The van der Waals surface area contributed by atoms with Crippen LogP contribution in [0.4, 0.5) is 10.5 Å². The SMILES string of the molecule is Cc1cc(CO)ccc1NC(=O)OC(C)(C)C. The Bertz CT molecular complexity index is 408. The lowest BCUT2D eigenvalue weighted by atomic mass is 10.1. The molecule has 0 saturated heterocycles. The van der Waals surface area contributed by atoms with E-state index in [0.29, 0.717) is 5.69 Å². The molecule has 4 nitrogen and oxygen atoms in total. The monoisotopic (exact) mass is 237 g/mol. The molecule has 4 heteroatoms. The van der Waals surface area contributed by atoms with E-state index in [1.165, 1.54) is 0 Å². The molecule has 2 N–H and O–H groups in total. The lowest BCUT2D eigenvalue weighted by Crippen LogP contribution is -2.27. The predicted molar refractivity (Wildman–Crippen MR) is 67.0 cm³/mol. The molecule has 0 atom stereocenters. The number of ether oxygens (including phenoxy) is 1. The minimum Gasteiger partial charge on any atom is -0.444 e. The number of amides is 1. The number of aliphatic hydroxyl groups is 1. The van der Waals surface area contributed by atoms with Gasteiger partial charge in [0.25, 0.3) is 0 Å². The number of hydrogen-bond donors (Lipinski definition) is 2. The summed E-state index contributed by atoms with van der Waals surface area (Å²) in [6.45, 7) is 7.30. The third-order valence-corrected chi connectivity index (χ3v) is 2.11. The lowest BCUT2D eigenvalue weighted by molar-refractivity contribution is 0.0636. The van der Waals surface area contributed by atoms with Crippen LogP contribution in [0, 0.1) is 6.92 Å². The van der Waals surface area contributed by atoms with Gasteiger partial charge in [0.1, 0.15) is 5.60 Å². The highest BCUT2D eigenvalue weighted by Gasteiger charge is 2.16. The molecule has 0 unspecified atom stereocenters. The van der Waals surface area contributed by atoms with Gasteiger partial charge in [0.15, 0.2) is 0 Å². The average Bonchev–Trinajstić information content (AvgIpc) is 2.18. The minimum absolute atomic E-state index is 0.00639. The molecule has 0 fully saturated rings. The van der Waals surface area contributed by atoms with Crippen molar-refractivity contribution in [2.75, 3.05) is 5.32 Å². The average molecular weight is 237 g/mol. The van der Waals surface area contributed by atoms with Crippen LogP contribution in [0.25, 0.3) is 0 Å². The molecule has 0 radical (unpaired) electrons. The first-order valence-electron chi connectivity index (χ1n) is 5.52. The van der Waals surface area contributed by atoms with Gasteiger partial charge < -0.3 is 9.84 Å². The van der Waals surface area contributed by atoms with E-state index in [0.717, 1.165) is 11.1 Å². The number of benzene rings is 1. The van der Waals surface area contributed by atoms with Crippen LogP contribution < -0.4 is 5.32 Å². The van der Waals surface area contributed by atoms with Gasteiger partial charge in [-0.25, -0.2) is 4.79 Å². The number of hydrogen-bond acceptors (Lipinski definition) is 3. The van der Waals surface area contributed by atoms with E-state index in [-0.39, 0.29) is 6.61 Å². The Hall–Kier alpha value is -1.55. The zero-order chi connectivity index (χ0) is 13.1. The third-order valence-electron chi connectivity index (χ3n) is 2.11. The van der Waals surface area contributed by atoms with E-state index in [4.69, 9.17) is 9.84 Å². The molecule has 0 bridgehead atoms. The maximum absolute atomic E-state index is 11.6. The van der Waals surface area contributed by atoms with Gasteiger partial charge in [0, 0.05) is 5.69 Å². The second kappa shape index (κ2) is 5.19. The van der Waals surface area contributed by atoms with E-state index >= 15 is 0 Å². The van der Waals surface area contributed by atoms with E-state index < -0.39 is 11.7 Å². The van der Waals surface area contributed by atoms with Gasteiger partial charge in [-0.05, 0) is 44.9 Å². The van der Waals surface area contributed by atoms with Crippen LogP contribution in [0.2, 0.25) is 0 Å². The topological polar surface area (TPSA) is 58.6 Å². The number of nitrogens with one attached hydrogen (secondary N) is 1. The predicted octanol–water partition coefficient (Wildman–Crippen LogP) is 2.83. The van der Waals surface area contributed by atoms with Crippen molar-refractivity contribution < 1.29 is 14.6 Å². The van der Waals surface area contributed by atoms with Gasteiger partial charge in [0.05, 0.1) is 6.61 Å². The Morgan fingerprint density at radius 2 is 2.06 bits per heavy atom. The lowest BCUT2D eigenvalue weighted by Gasteiger charge is -2.20. The zero-order valence-electron chi connectivity index (χ0n) is 10.7. The third kappa shape index (κ3) is 4.44. The molecule has 0 aliphatic heterocycles. The number of carbonyl (C=O) groups excluding carboxylic acids is 1. The smallest absolute Gasteiger partial charge is 0.412 e. The van der Waals surface area contributed by atoms with Crippen molar-refractivity contribution in [2.45, 2.75) is 39.9 Å². The highest BCUT2D eigenvalue weighted by Crippen LogP contribution is 2.18. The van der Waals surface area contributed by atoms with E-state index in [2.05, 4.69) is 5.32 Å². The summed E-state index contributed by atoms with van der Waals surface area (Å²) in [6, 6.07) is 5.34. The number of carbonyl (C=O) groups is 1. The van der Waals surface area contributed by atoms with Crippen LogP contribution >= 0.6 is 0 Å². The zero-order valence-corrected chi connectivity index (χ0v) is 10.7. The molecule has 1 aromatic carbocycles. The normalized spacial score (nSPS) is 11.1. The molecule has 1 rings (SSSR count). The first kappa shape index (κ1) is 13.5. The second-order valence-electron chi connectivity index (χ2n) is 4.93. The Labute approximate surface area is 102 Å². The molecule has 17 heavy (non-hydrogen) atoms. The quantitative estimate of drug-likeness (QED) is 0.831.